The largest absolute Gasteiger partial charge is 0.481 e. The Morgan fingerprint density at radius 3 is 2.62 bits per heavy atom. The van der Waals surface area contributed by atoms with E-state index in [0.717, 1.165) is 19.3 Å². The highest BCUT2D eigenvalue weighted by molar-refractivity contribution is 5.77. The van der Waals surface area contributed by atoms with E-state index >= 15 is 0 Å². The van der Waals surface area contributed by atoms with Crippen molar-refractivity contribution in [3.8, 4) is 0 Å². The van der Waals surface area contributed by atoms with Crippen LogP contribution in [-0.4, -0.2) is 65.1 Å². The number of aliphatic hydroxyl groups is 1. The molecule has 1 unspecified atom stereocenters. The Kier molecular flexibility index (Phi) is 5.41. The van der Waals surface area contributed by atoms with Crippen molar-refractivity contribution in [1.29, 1.82) is 0 Å². The molecule has 120 valence electrons. The molecule has 0 aromatic heterocycles. The van der Waals surface area contributed by atoms with Crippen molar-refractivity contribution < 1.29 is 24.5 Å². The molecule has 2 aliphatic rings. The fourth-order valence-electron chi connectivity index (χ4n) is 3.18. The molecule has 1 atom stereocenters. The molecular formula is C14H24N2O5. The molecule has 0 aromatic rings. The van der Waals surface area contributed by atoms with Crippen LogP contribution in [0, 0.1) is 0 Å². The van der Waals surface area contributed by atoms with Gasteiger partial charge in [0, 0.05) is 6.54 Å². The fourth-order valence-corrected chi connectivity index (χ4v) is 3.18. The summed E-state index contributed by atoms with van der Waals surface area (Å²) in [6, 6.07) is -0.250. The van der Waals surface area contributed by atoms with Crippen LogP contribution >= 0.6 is 0 Å². The lowest BCUT2D eigenvalue weighted by molar-refractivity contribution is -0.139. The van der Waals surface area contributed by atoms with Crippen LogP contribution in [0.1, 0.15) is 38.5 Å². The molecule has 7 nitrogen and oxygen atoms in total. The number of carboxylic acid groups (broad SMARTS) is 1. The first-order chi connectivity index (χ1) is 10.0. The molecule has 0 spiro atoms. The number of aliphatic hydroxyl groups excluding tert-OH is 1. The molecule has 1 saturated carbocycles. The second-order valence-corrected chi connectivity index (χ2v) is 5.96. The quantitative estimate of drug-likeness (QED) is 0.705. The number of carbonyl (C=O) groups excluding carboxylic acids is 1. The lowest BCUT2D eigenvalue weighted by atomic mass is 9.79. The van der Waals surface area contributed by atoms with Crippen LogP contribution in [0.4, 0.5) is 4.79 Å². The lowest BCUT2D eigenvalue weighted by Crippen LogP contribution is -2.58. The van der Waals surface area contributed by atoms with Gasteiger partial charge < -0.3 is 25.2 Å². The summed E-state index contributed by atoms with van der Waals surface area (Å²) in [5, 5.41) is 21.2. The van der Waals surface area contributed by atoms with Gasteiger partial charge in [-0.2, -0.15) is 0 Å². The number of amides is 2. The summed E-state index contributed by atoms with van der Waals surface area (Å²) >= 11 is 0. The number of hydrogen-bond acceptors (Lipinski definition) is 4. The number of aliphatic carboxylic acids is 1. The third kappa shape index (κ3) is 4.31. The molecule has 2 amide bonds. The molecule has 0 radical (unpaired) electrons. The van der Waals surface area contributed by atoms with Gasteiger partial charge in [-0.1, -0.05) is 19.3 Å². The van der Waals surface area contributed by atoms with Gasteiger partial charge in [0.05, 0.1) is 37.8 Å². The van der Waals surface area contributed by atoms with E-state index in [4.69, 9.17) is 14.9 Å². The van der Waals surface area contributed by atoms with E-state index in [-0.39, 0.29) is 25.2 Å². The SMILES string of the molecule is O=C(O)CC1(NC(=O)N2CCOC(CO)C2)CCCCC1. The normalized spacial score (nSPS) is 25.4. The number of nitrogens with zero attached hydrogens (tertiary/aromatic N) is 1. The van der Waals surface area contributed by atoms with Gasteiger partial charge >= 0.3 is 12.0 Å². The maximum Gasteiger partial charge on any atom is 0.318 e. The van der Waals surface area contributed by atoms with E-state index in [2.05, 4.69) is 5.32 Å². The summed E-state index contributed by atoms with van der Waals surface area (Å²) in [5.41, 5.74) is -0.631. The highest BCUT2D eigenvalue weighted by Gasteiger charge is 2.37. The number of nitrogens with one attached hydrogen (secondary N) is 1. The first-order valence-corrected chi connectivity index (χ1v) is 7.56. The molecule has 7 heteroatoms. The highest BCUT2D eigenvalue weighted by Crippen LogP contribution is 2.31. The standard InChI is InChI=1S/C14H24N2O5/c17-10-11-9-16(6-7-21-11)13(20)15-14(8-12(18)19)4-2-1-3-5-14/h11,17H,1-10H2,(H,15,20)(H,18,19). The van der Waals surface area contributed by atoms with Crippen molar-refractivity contribution in [3.05, 3.63) is 0 Å². The lowest BCUT2D eigenvalue weighted by Gasteiger charge is -2.40. The predicted octanol–water partition coefficient (Wildman–Crippen LogP) is 0.567. The Bertz CT molecular complexity index is 382. The van der Waals surface area contributed by atoms with Gasteiger partial charge in [-0.3, -0.25) is 4.79 Å². The van der Waals surface area contributed by atoms with Crippen LogP contribution in [-0.2, 0) is 9.53 Å². The average Bonchev–Trinajstić information content (AvgIpc) is 2.47. The van der Waals surface area contributed by atoms with E-state index in [1.807, 2.05) is 0 Å². The molecule has 1 aliphatic carbocycles. The molecule has 1 heterocycles. The summed E-state index contributed by atoms with van der Waals surface area (Å²) < 4.78 is 5.32. The van der Waals surface area contributed by atoms with E-state index < -0.39 is 11.5 Å². The molecule has 0 bridgehead atoms. The number of morpholine rings is 1. The number of rotatable bonds is 4. The molecule has 1 aliphatic heterocycles. The zero-order valence-corrected chi connectivity index (χ0v) is 12.2. The van der Waals surface area contributed by atoms with Crippen LogP contribution in [0.3, 0.4) is 0 Å². The summed E-state index contributed by atoms with van der Waals surface area (Å²) in [6.45, 7) is 1.07. The zero-order chi connectivity index (χ0) is 15.3. The Balaban J connectivity index is 1.98. The van der Waals surface area contributed by atoms with E-state index in [1.54, 1.807) is 4.90 Å². The second kappa shape index (κ2) is 7.09. The van der Waals surface area contributed by atoms with Crippen molar-refractivity contribution >= 4 is 12.0 Å². The van der Waals surface area contributed by atoms with Gasteiger partial charge in [0.2, 0.25) is 0 Å². The Morgan fingerprint density at radius 2 is 2.00 bits per heavy atom. The summed E-state index contributed by atoms with van der Waals surface area (Å²) in [6.07, 6.45) is 3.99. The van der Waals surface area contributed by atoms with Crippen molar-refractivity contribution in [3.63, 3.8) is 0 Å². The molecule has 0 aromatic carbocycles. The molecule has 2 rings (SSSR count). The first kappa shape index (κ1) is 16.0. The molecule has 1 saturated heterocycles. The molecule has 3 N–H and O–H groups in total. The van der Waals surface area contributed by atoms with Crippen molar-refractivity contribution in [2.45, 2.75) is 50.2 Å². The maximum atomic E-state index is 12.4. The highest BCUT2D eigenvalue weighted by atomic mass is 16.5. The van der Waals surface area contributed by atoms with E-state index in [9.17, 15) is 9.59 Å². The van der Waals surface area contributed by atoms with Gasteiger partial charge in [-0.05, 0) is 12.8 Å². The zero-order valence-electron chi connectivity index (χ0n) is 12.2. The topological polar surface area (TPSA) is 99.1 Å². The number of hydrogen-bond donors (Lipinski definition) is 3. The van der Waals surface area contributed by atoms with Gasteiger partial charge in [0.15, 0.2) is 0 Å². The number of carboxylic acids is 1. The van der Waals surface area contributed by atoms with E-state index in [0.29, 0.717) is 32.5 Å². The van der Waals surface area contributed by atoms with Gasteiger partial charge in [-0.15, -0.1) is 0 Å². The minimum absolute atomic E-state index is 0.0352. The molecule has 2 fully saturated rings. The van der Waals surface area contributed by atoms with Crippen LogP contribution < -0.4 is 5.32 Å². The average molecular weight is 300 g/mol. The van der Waals surface area contributed by atoms with Gasteiger partial charge in [0.1, 0.15) is 0 Å². The minimum Gasteiger partial charge on any atom is -0.481 e. The third-order valence-electron chi connectivity index (χ3n) is 4.30. The van der Waals surface area contributed by atoms with Crippen LogP contribution in [0.5, 0.6) is 0 Å². The second-order valence-electron chi connectivity index (χ2n) is 5.96. The van der Waals surface area contributed by atoms with Crippen molar-refractivity contribution in [1.82, 2.24) is 10.2 Å². The van der Waals surface area contributed by atoms with Crippen molar-refractivity contribution in [2.75, 3.05) is 26.3 Å². The fraction of sp³-hybridized carbons (Fsp3) is 0.857. The number of ether oxygens (including phenoxy) is 1. The van der Waals surface area contributed by atoms with Gasteiger partial charge in [0.25, 0.3) is 0 Å². The Hall–Kier alpha value is -1.34. The van der Waals surface area contributed by atoms with Crippen molar-refractivity contribution in [2.24, 2.45) is 0 Å². The smallest absolute Gasteiger partial charge is 0.318 e. The van der Waals surface area contributed by atoms with Crippen LogP contribution in [0.2, 0.25) is 0 Å². The number of urea groups is 1. The van der Waals surface area contributed by atoms with Crippen LogP contribution in [0.15, 0.2) is 0 Å². The minimum atomic E-state index is -0.882. The van der Waals surface area contributed by atoms with Crippen LogP contribution in [0.25, 0.3) is 0 Å². The predicted molar refractivity (Wildman–Crippen MR) is 75.0 cm³/mol. The number of carbonyl (C=O) groups is 2. The van der Waals surface area contributed by atoms with Gasteiger partial charge in [-0.25, -0.2) is 4.79 Å². The molecule has 21 heavy (non-hydrogen) atoms. The Morgan fingerprint density at radius 1 is 1.29 bits per heavy atom. The monoisotopic (exact) mass is 300 g/mol. The maximum absolute atomic E-state index is 12.4. The Labute approximate surface area is 124 Å². The van der Waals surface area contributed by atoms with E-state index in [1.165, 1.54) is 0 Å². The first-order valence-electron chi connectivity index (χ1n) is 7.56. The molecular weight excluding hydrogens is 276 g/mol. The summed E-state index contributed by atoms with van der Waals surface area (Å²) in [5.74, 6) is -0.882. The third-order valence-corrected chi connectivity index (χ3v) is 4.30. The summed E-state index contributed by atoms with van der Waals surface area (Å²) in [7, 11) is 0. The summed E-state index contributed by atoms with van der Waals surface area (Å²) in [4.78, 5) is 25.1.